The van der Waals surface area contributed by atoms with Gasteiger partial charge in [0.15, 0.2) is 0 Å². The van der Waals surface area contributed by atoms with E-state index in [2.05, 4.69) is 15.2 Å². The third-order valence-electron chi connectivity index (χ3n) is 2.81. The number of hydrogen-bond acceptors (Lipinski definition) is 5. The average molecular weight is 255 g/mol. The van der Waals surface area contributed by atoms with E-state index in [-0.39, 0.29) is 0 Å². The normalized spacial score (nSPS) is 10.8. The van der Waals surface area contributed by atoms with Gasteiger partial charge in [-0.1, -0.05) is 16.8 Å². The molecule has 0 atom stereocenters. The minimum absolute atomic E-state index is 0.404. The lowest BCUT2D eigenvalue weighted by atomic mass is 10.1. The van der Waals surface area contributed by atoms with Crippen LogP contribution in [0.25, 0.3) is 23.0 Å². The molecule has 0 aliphatic carbocycles. The molecule has 3 rings (SSSR count). The lowest BCUT2D eigenvalue weighted by Gasteiger charge is -2.01. The molecular formula is C13H13N5O. The maximum absolute atomic E-state index is 5.93. The fourth-order valence-corrected chi connectivity index (χ4v) is 1.83. The maximum atomic E-state index is 5.93. The third-order valence-corrected chi connectivity index (χ3v) is 2.81. The SMILES string of the molecule is Cc1ccc(N)c(-c2nc(-c3ccn(C)n3)no2)c1. The van der Waals surface area contributed by atoms with Crippen molar-refractivity contribution in [3.63, 3.8) is 0 Å². The first-order chi connectivity index (χ1) is 9.13. The van der Waals surface area contributed by atoms with E-state index < -0.39 is 0 Å². The number of aryl methyl sites for hydroxylation is 2. The summed E-state index contributed by atoms with van der Waals surface area (Å²) in [6, 6.07) is 7.52. The predicted molar refractivity (Wildman–Crippen MR) is 71.1 cm³/mol. The number of hydrogen-bond donors (Lipinski definition) is 1. The molecule has 0 unspecified atom stereocenters. The Morgan fingerprint density at radius 1 is 1.26 bits per heavy atom. The van der Waals surface area contributed by atoms with E-state index in [4.69, 9.17) is 10.3 Å². The van der Waals surface area contributed by atoms with Gasteiger partial charge in [0.1, 0.15) is 5.69 Å². The highest BCUT2D eigenvalue weighted by Crippen LogP contribution is 2.27. The van der Waals surface area contributed by atoms with Crippen LogP contribution in [0.1, 0.15) is 5.56 Å². The van der Waals surface area contributed by atoms with Crippen molar-refractivity contribution in [2.45, 2.75) is 6.92 Å². The molecule has 6 nitrogen and oxygen atoms in total. The van der Waals surface area contributed by atoms with Crippen LogP contribution in [0.4, 0.5) is 5.69 Å². The molecule has 0 aliphatic rings. The molecule has 0 saturated heterocycles. The van der Waals surface area contributed by atoms with Gasteiger partial charge >= 0.3 is 0 Å². The number of anilines is 1. The van der Waals surface area contributed by atoms with E-state index in [0.29, 0.717) is 23.1 Å². The minimum Gasteiger partial charge on any atom is -0.398 e. The molecule has 0 spiro atoms. The molecule has 0 aliphatic heterocycles. The molecule has 2 aromatic heterocycles. The van der Waals surface area contributed by atoms with Crippen molar-refractivity contribution in [2.75, 3.05) is 5.73 Å². The first kappa shape index (κ1) is 11.5. The third kappa shape index (κ3) is 2.08. The van der Waals surface area contributed by atoms with Crippen molar-refractivity contribution >= 4 is 5.69 Å². The van der Waals surface area contributed by atoms with E-state index in [1.807, 2.05) is 44.4 Å². The fraction of sp³-hybridized carbons (Fsp3) is 0.154. The highest BCUT2D eigenvalue weighted by Gasteiger charge is 2.14. The molecule has 2 heterocycles. The van der Waals surface area contributed by atoms with Gasteiger partial charge in [-0.3, -0.25) is 4.68 Å². The summed E-state index contributed by atoms with van der Waals surface area (Å²) in [7, 11) is 1.84. The number of rotatable bonds is 2. The van der Waals surface area contributed by atoms with Crippen LogP contribution in [0.5, 0.6) is 0 Å². The van der Waals surface area contributed by atoms with E-state index >= 15 is 0 Å². The molecule has 0 radical (unpaired) electrons. The molecule has 6 heteroatoms. The van der Waals surface area contributed by atoms with Crippen LogP contribution in [-0.4, -0.2) is 19.9 Å². The number of benzene rings is 1. The van der Waals surface area contributed by atoms with E-state index in [9.17, 15) is 0 Å². The second-order valence-electron chi connectivity index (χ2n) is 4.39. The quantitative estimate of drug-likeness (QED) is 0.708. The molecule has 19 heavy (non-hydrogen) atoms. The maximum Gasteiger partial charge on any atom is 0.260 e. The molecule has 0 bridgehead atoms. The second kappa shape index (κ2) is 4.24. The zero-order valence-corrected chi connectivity index (χ0v) is 10.7. The molecule has 0 fully saturated rings. The average Bonchev–Trinajstić information content (AvgIpc) is 3.00. The molecule has 0 saturated carbocycles. The van der Waals surface area contributed by atoms with Gasteiger partial charge in [-0.15, -0.1) is 0 Å². The van der Waals surface area contributed by atoms with Gasteiger partial charge in [0, 0.05) is 18.9 Å². The largest absolute Gasteiger partial charge is 0.398 e. The Balaban J connectivity index is 2.03. The Morgan fingerprint density at radius 2 is 2.11 bits per heavy atom. The van der Waals surface area contributed by atoms with E-state index in [0.717, 1.165) is 11.1 Å². The van der Waals surface area contributed by atoms with Gasteiger partial charge in [-0.25, -0.2) is 0 Å². The van der Waals surface area contributed by atoms with Crippen LogP contribution in [0.2, 0.25) is 0 Å². The summed E-state index contributed by atoms with van der Waals surface area (Å²) in [4.78, 5) is 4.33. The monoisotopic (exact) mass is 255 g/mol. The minimum atomic E-state index is 0.404. The summed E-state index contributed by atoms with van der Waals surface area (Å²) in [5, 5.41) is 8.16. The van der Waals surface area contributed by atoms with Crippen LogP contribution >= 0.6 is 0 Å². The van der Waals surface area contributed by atoms with Crippen LogP contribution < -0.4 is 5.73 Å². The Bertz CT molecular complexity index is 728. The summed E-state index contributed by atoms with van der Waals surface area (Å²) in [6.07, 6.45) is 1.83. The fourth-order valence-electron chi connectivity index (χ4n) is 1.83. The Hall–Kier alpha value is -2.63. The molecule has 0 amide bonds. The summed E-state index contributed by atoms with van der Waals surface area (Å²) < 4.78 is 6.95. The van der Waals surface area contributed by atoms with Crippen molar-refractivity contribution < 1.29 is 4.52 Å². The smallest absolute Gasteiger partial charge is 0.260 e. The van der Waals surface area contributed by atoms with Crippen molar-refractivity contribution in [1.29, 1.82) is 0 Å². The van der Waals surface area contributed by atoms with Gasteiger partial charge in [0.25, 0.3) is 5.89 Å². The Morgan fingerprint density at radius 3 is 2.84 bits per heavy atom. The molecule has 3 aromatic rings. The number of nitrogens with two attached hydrogens (primary N) is 1. The molecular weight excluding hydrogens is 242 g/mol. The van der Waals surface area contributed by atoms with Crippen molar-refractivity contribution in [3.8, 4) is 23.0 Å². The Labute approximate surface area is 109 Å². The molecule has 2 N–H and O–H groups in total. The van der Waals surface area contributed by atoms with Gasteiger partial charge < -0.3 is 10.3 Å². The number of aromatic nitrogens is 4. The van der Waals surface area contributed by atoms with Crippen LogP contribution in [0.3, 0.4) is 0 Å². The van der Waals surface area contributed by atoms with Gasteiger partial charge in [-0.2, -0.15) is 10.1 Å². The highest BCUT2D eigenvalue weighted by molar-refractivity contribution is 5.71. The second-order valence-corrected chi connectivity index (χ2v) is 4.39. The van der Waals surface area contributed by atoms with E-state index in [1.54, 1.807) is 4.68 Å². The van der Waals surface area contributed by atoms with Crippen LogP contribution in [0.15, 0.2) is 35.0 Å². The standard InChI is InChI=1S/C13H13N5O/c1-8-3-4-10(14)9(7-8)13-15-12(17-19-13)11-5-6-18(2)16-11/h3-7H,14H2,1-2H3. The Kier molecular flexibility index (Phi) is 2.56. The zero-order valence-electron chi connectivity index (χ0n) is 10.7. The summed E-state index contributed by atoms with van der Waals surface area (Å²) >= 11 is 0. The highest BCUT2D eigenvalue weighted by atomic mass is 16.5. The van der Waals surface area contributed by atoms with E-state index in [1.165, 1.54) is 0 Å². The number of nitrogens with zero attached hydrogens (tertiary/aromatic N) is 4. The zero-order chi connectivity index (χ0) is 13.4. The van der Waals surface area contributed by atoms with Crippen molar-refractivity contribution in [3.05, 3.63) is 36.0 Å². The van der Waals surface area contributed by atoms with Crippen molar-refractivity contribution in [2.24, 2.45) is 7.05 Å². The predicted octanol–water partition coefficient (Wildman–Crippen LogP) is 2.03. The van der Waals surface area contributed by atoms with Crippen LogP contribution in [0, 0.1) is 6.92 Å². The summed E-state index contributed by atoms with van der Waals surface area (Å²) in [6.45, 7) is 1.99. The van der Waals surface area contributed by atoms with Gasteiger partial charge in [0.2, 0.25) is 5.82 Å². The van der Waals surface area contributed by atoms with Crippen molar-refractivity contribution in [1.82, 2.24) is 19.9 Å². The van der Waals surface area contributed by atoms with Gasteiger partial charge in [-0.05, 0) is 25.1 Å². The summed E-state index contributed by atoms with van der Waals surface area (Å²) in [5.41, 5.74) is 9.04. The first-order valence-electron chi connectivity index (χ1n) is 5.84. The molecule has 1 aromatic carbocycles. The van der Waals surface area contributed by atoms with Crippen LogP contribution in [-0.2, 0) is 7.05 Å². The summed E-state index contributed by atoms with van der Waals surface area (Å²) in [5.74, 6) is 0.860. The lowest BCUT2D eigenvalue weighted by Crippen LogP contribution is -1.91. The van der Waals surface area contributed by atoms with Gasteiger partial charge in [0.05, 0.1) is 5.56 Å². The molecule has 96 valence electrons. The lowest BCUT2D eigenvalue weighted by molar-refractivity contribution is 0.432. The topological polar surface area (TPSA) is 82.8 Å². The first-order valence-corrected chi connectivity index (χ1v) is 5.84. The number of nitrogen functional groups attached to an aromatic ring is 1.